The van der Waals surface area contributed by atoms with Gasteiger partial charge in [-0.25, -0.2) is 0 Å². The molecule has 1 fully saturated rings. The Morgan fingerprint density at radius 3 is 2.26 bits per heavy atom. The Balaban J connectivity index is 2.41. The fourth-order valence-electron chi connectivity index (χ4n) is 2.91. The summed E-state index contributed by atoms with van der Waals surface area (Å²) in [5, 5.41) is 9.38. The van der Waals surface area contributed by atoms with E-state index in [-0.39, 0.29) is 18.0 Å². The summed E-state index contributed by atoms with van der Waals surface area (Å²) >= 11 is 0. The molecule has 0 aromatic heterocycles. The maximum absolute atomic E-state index is 11.9. The molecular weight excluding hydrogens is 290 g/mol. The smallest absolute Gasteiger partial charge is 0.239 e. The Hall–Kier alpha value is -1.30. The fraction of sp³-hybridized carbons (Fsp3) is 0.882. The highest BCUT2D eigenvalue weighted by molar-refractivity contribution is 5.86. The van der Waals surface area contributed by atoms with Crippen molar-refractivity contribution in [2.75, 3.05) is 33.2 Å². The van der Waals surface area contributed by atoms with Gasteiger partial charge in [0.05, 0.1) is 6.54 Å². The lowest BCUT2D eigenvalue weighted by Crippen LogP contribution is -2.51. The van der Waals surface area contributed by atoms with Gasteiger partial charge in [0.25, 0.3) is 0 Å². The molecule has 0 aromatic rings. The Morgan fingerprint density at radius 2 is 1.78 bits per heavy atom. The number of amides is 1. The van der Waals surface area contributed by atoms with Crippen molar-refractivity contribution >= 4 is 11.9 Å². The molecule has 0 spiro atoms. The van der Waals surface area contributed by atoms with E-state index >= 15 is 0 Å². The zero-order valence-electron chi connectivity index (χ0n) is 15.7. The molecule has 1 amide bonds. The molecule has 1 aliphatic heterocycles. The molecule has 1 aliphatic rings. The fourth-order valence-corrected chi connectivity index (χ4v) is 2.91. The lowest BCUT2D eigenvalue weighted by Gasteiger charge is -2.31. The van der Waals surface area contributed by atoms with Gasteiger partial charge in [0.1, 0.15) is 0 Å². The second-order valence-corrected chi connectivity index (χ2v) is 7.66. The molecule has 0 radical (unpaired) electrons. The number of likely N-dealkylation sites (tertiary alicyclic amines) is 1. The molecule has 1 heterocycles. The highest BCUT2D eigenvalue weighted by Crippen LogP contribution is 2.16. The minimum absolute atomic E-state index is 0.0274. The third-order valence-electron chi connectivity index (χ3n) is 4.01. The van der Waals surface area contributed by atoms with Gasteiger partial charge >= 0.3 is 0 Å². The van der Waals surface area contributed by atoms with Crippen molar-refractivity contribution in [1.29, 1.82) is 0 Å². The van der Waals surface area contributed by atoms with Crippen molar-refractivity contribution in [2.24, 2.45) is 10.9 Å². The molecule has 6 nitrogen and oxygen atoms in total. The van der Waals surface area contributed by atoms with Crippen LogP contribution in [0.1, 0.15) is 47.5 Å². The summed E-state index contributed by atoms with van der Waals surface area (Å²) in [5.74, 6) is 1.24. The summed E-state index contributed by atoms with van der Waals surface area (Å²) in [6.07, 6.45) is 2.59. The van der Waals surface area contributed by atoms with Crippen molar-refractivity contribution in [2.45, 2.75) is 59.0 Å². The predicted octanol–water partition coefficient (Wildman–Crippen LogP) is 1.19. The molecule has 0 aromatic carbocycles. The SMILES string of the molecule is CN=C(NCC(=O)NC(C)(C)C)NCC(C(C)C)N1CCCC1. The topological polar surface area (TPSA) is 68.8 Å². The van der Waals surface area contributed by atoms with Crippen LogP contribution in [0, 0.1) is 5.92 Å². The zero-order chi connectivity index (χ0) is 17.5. The minimum Gasteiger partial charge on any atom is -0.355 e. The standard InChI is InChI=1S/C17H35N5O/c1-13(2)14(22-9-7-8-10-22)11-19-16(18-6)20-12-15(23)21-17(3,4)5/h13-14H,7-12H2,1-6H3,(H,21,23)(H2,18,19,20). The molecule has 1 rings (SSSR count). The van der Waals surface area contributed by atoms with Gasteiger partial charge in [0.2, 0.25) is 5.91 Å². The lowest BCUT2D eigenvalue weighted by molar-refractivity contribution is -0.121. The number of carbonyl (C=O) groups excluding carboxylic acids is 1. The van der Waals surface area contributed by atoms with Gasteiger partial charge in [-0.15, -0.1) is 0 Å². The highest BCUT2D eigenvalue weighted by atomic mass is 16.2. The molecule has 23 heavy (non-hydrogen) atoms. The van der Waals surface area contributed by atoms with Crippen LogP contribution in [0.15, 0.2) is 4.99 Å². The van der Waals surface area contributed by atoms with E-state index in [1.165, 1.54) is 25.9 Å². The number of guanidine groups is 1. The second kappa shape index (κ2) is 9.11. The van der Waals surface area contributed by atoms with Crippen molar-refractivity contribution in [3.63, 3.8) is 0 Å². The second-order valence-electron chi connectivity index (χ2n) is 7.66. The Labute approximate surface area is 141 Å². The summed E-state index contributed by atoms with van der Waals surface area (Å²) in [5.41, 5.74) is -0.214. The first kappa shape index (κ1) is 19.7. The normalized spacial score (nSPS) is 18.1. The largest absolute Gasteiger partial charge is 0.355 e. The van der Waals surface area contributed by atoms with Crippen LogP contribution in [-0.2, 0) is 4.79 Å². The molecular formula is C17H35N5O. The number of aliphatic imine (C=N–C) groups is 1. The molecule has 6 heteroatoms. The van der Waals surface area contributed by atoms with Gasteiger partial charge in [-0.05, 0) is 52.6 Å². The van der Waals surface area contributed by atoms with Gasteiger partial charge in [-0.2, -0.15) is 0 Å². The van der Waals surface area contributed by atoms with Crippen LogP contribution in [0.3, 0.4) is 0 Å². The van der Waals surface area contributed by atoms with E-state index in [1.54, 1.807) is 7.05 Å². The Kier molecular flexibility index (Phi) is 7.82. The van der Waals surface area contributed by atoms with Crippen molar-refractivity contribution in [3.05, 3.63) is 0 Å². The summed E-state index contributed by atoms with van der Waals surface area (Å²) in [6, 6.07) is 0.499. The van der Waals surface area contributed by atoms with Crippen LogP contribution in [0.25, 0.3) is 0 Å². The summed E-state index contributed by atoms with van der Waals surface area (Å²) in [6.45, 7) is 13.9. The van der Waals surface area contributed by atoms with Crippen molar-refractivity contribution in [3.8, 4) is 0 Å². The van der Waals surface area contributed by atoms with Gasteiger partial charge in [-0.1, -0.05) is 13.8 Å². The first-order chi connectivity index (χ1) is 10.7. The molecule has 0 aliphatic carbocycles. The van der Waals surface area contributed by atoms with E-state index in [1.807, 2.05) is 20.8 Å². The summed E-state index contributed by atoms with van der Waals surface area (Å²) < 4.78 is 0. The summed E-state index contributed by atoms with van der Waals surface area (Å²) in [4.78, 5) is 18.6. The monoisotopic (exact) mass is 325 g/mol. The first-order valence-electron chi connectivity index (χ1n) is 8.72. The van der Waals surface area contributed by atoms with Gasteiger partial charge in [0.15, 0.2) is 5.96 Å². The Morgan fingerprint density at radius 1 is 1.17 bits per heavy atom. The number of hydrogen-bond acceptors (Lipinski definition) is 3. The molecule has 134 valence electrons. The number of rotatable bonds is 6. The number of hydrogen-bond donors (Lipinski definition) is 3. The quantitative estimate of drug-likeness (QED) is 0.507. The number of nitrogens with zero attached hydrogens (tertiary/aromatic N) is 2. The van der Waals surface area contributed by atoms with Crippen LogP contribution in [-0.4, -0.2) is 61.6 Å². The maximum atomic E-state index is 11.9. The van der Waals surface area contributed by atoms with E-state index in [0.29, 0.717) is 17.9 Å². The predicted molar refractivity (Wildman–Crippen MR) is 96.7 cm³/mol. The van der Waals surface area contributed by atoms with E-state index in [9.17, 15) is 4.79 Å². The van der Waals surface area contributed by atoms with Crippen molar-refractivity contribution in [1.82, 2.24) is 20.9 Å². The van der Waals surface area contributed by atoms with Gasteiger partial charge in [0, 0.05) is 25.2 Å². The minimum atomic E-state index is -0.214. The van der Waals surface area contributed by atoms with Crippen LogP contribution < -0.4 is 16.0 Å². The molecule has 1 unspecified atom stereocenters. The maximum Gasteiger partial charge on any atom is 0.239 e. The molecule has 0 bridgehead atoms. The highest BCUT2D eigenvalue weighted by Gasteiger charge is 2.24. The van der Waals surface area contributed by atoms with E-state index in [4.69, 9.17) is 0 Å². The zero-order valence-corrected chi connectivity index (χ0v) is 15.7. The third-order valence-corrected chi connectivity index (χ3v) is 4.01. The molecule has 0 saturated carbocycles. The molecule has 3 N–H and O–H groups in total. The van der Waals surface area contributed by atoms with Crippen LogP contribution >= 0.6 is 0 Å². The first-order valence-corrected chi connectivity index (χ1v) is 8.72. The van der Waals surface area contributed by atoms with Gasteiger partial charge in [-0.3, -0.25) is 14.7 Å². The van der Waals surface area contributed by atoms with E-state index in [2.05, 4.69) is 39.7 Å². The lowest BCUT2D eigenvalue weighted by atomic mass is 10.0. The number of nitrogens with one attached hydrogen (secondary N) is 3. The van der Waals surface area contributed by atoms with Crippen LogP contribution in [0.2, 0.25) is 0 Å². The van der Waals surface area contributed by atoms with E-state index < -0.39 is 0 Å². The third kappa shape index (κ3) is 7.68. The van der Waals surface area contributed by atoms with Crippen molar-refractivity contribution < 1.29 is 4.79 Å². The van der Waals surface area contributed by atoms with Gasteiger partial charge < -0.3 is 16.0 Å². The van der Waals surface area contributed by atoms with E-state index in [0.717, 1.165) is 6.54 Å². The molecule has 1 atom stereocenters. The average Bonchev–Trinajstić information content (AvgIpc) is 2.94. The Bertz CT molecular complexity index is 394. The average molecular weight is 326 g/mol. The van der Waals surface area contributed by atoms with Crippen LogP contribution in [0.5, 0.6) is 0 Å². The summed E-state index contributed by atoms with van der Waals surface area (Å²) in [7, 11) is 1.73. The van der Waals surface area contributed by atoms with Crippen LogP contribution in [0.4, 0.5) is 0 Å². The number of carbonyl (C=O) groups is 1. The molecule has 1 saturated heterocycles.